The number of aliphatic hydroxyl groups is 4. The smallest absolute Gasteiger partial charge is 0.335 e. The van der Waals surface area contributed by atoms with Gasteiger partial charge < -0.3 is 40.3 Å². The standard InChI is InChI=1S/C17H20Cl2N2O11/c18-14(19)15(26)20-8(5-22)12(6-1-3-7(4-2-6)21(29)30)31-17-11(25)9(23)10(24)13(32-17)16(27)28/h1-4,8-14,17,22-25H,5H2,(H,20,26)(H,27,28)/t8-,9?,10?,11?,12-,13?,17?/m1/s1. The predicted molar refractivity (Wildman–Crippen MR) is 106 cm³/mol. The van der Waals surface area contributed by atoms with Gasteiger partial charge in [0.25, 0.3) is 11.6 Å². The fraction of sp³-hybridized carbons (Fsp3) is 0.529. The minimum Gasteiger partial charge on any atom is -0.479 e. The first-order chi connectivity index (χ1) is 15.0. The largest absolute Gasteiger partial charge is 0.479 e. The van der Waals surface area contributed by atoms with Crippen molar-refractivity contribution in [2.24, 2.45) is 0 Å². The maximum absolute atomic E-state index is 11.9. The molecule has 6 N–H and O–H groups in total. The second-order valence-electron chi connectivity index (χ2n) is 6.74. The van der Waals surface area contributed by atoms with E-state index >= 15 is 0 Å². The molecule has 0 saturated carbocycles. The van der Waals surface area contributed by atoms with Crippen molar-refractivity contribution in [1.29, 1.82) is 0 Å². The van der Waals surface area contributed by atoms with E-state index in [4.69, 9.17) is 32.7 Å². The summed E-state index contributed by atoms with van der Waals surface area (Å²) in [6.45, 7) is -0.774. The fourth-order valence-electron chi connectivity index (χ4n) is 2.96. The monoisotopic (exact) mass is 498 g/mol. The Bertz CT molecular complexity index is 825. The number of rotatable bonds is 9. The van der Waals surface area contributed by atoms with Gasteiger partial charge in [0.2, 0.25) is 0 Å². The van der Waals surface area contributed by atoms with Gasteiger partial charge >= 0.3 is 5.97 Å². The van der Waals surface area contributed by atoms with Crippen LogP contribution in [0.4, 0.5) is 5.69 Å². The number of hydrogen-bond donors (Lipinski definition) is 6. The molecule has 15 heteroatoms. The van der Waals surface area contributed by atoms with E-state index in [1.54, 1.807) is 0 Å². The van der Waals surface area contributed by atoms with Gasteiger partial charge in [-0.3, -0.25) is 14.9 Å². The molecule has 0 aliphatic carbocycles. The molecule has 1 aromatic carbocycles. The number of nitrogens with zero attached hydrogens (tertiary/aromatic N) is 1. The number of carbonyl (C=O) groups excluding carboxylic acids is 1. The Morgan fingerprint density at radius 2 is 1.75 bits per heavy atom. The molecular weight excluding hydrogens is 479 g/mol. The second-order valence-corrected chi connectivity index (χ2v) is 7.84. The van der Waals surface area contributed by atoms with Crippen LogP contribution in [0, 0.1) is 10.1 Å². The molecular formula is C17H20Cl2N2O11. The molecule has 1 heterocycles. The zero-order chi connectivity index (χ0) is 24.2. The zero-order valence-corrected chi connectivity index (χ0v) is 17.5. The number of non-ortho nitro benzene ring substituents is 1. The number of hydrogen-bond acceptors (Lipinski definition) is 10. The number of nitrogens with one attached hydrogen (secondary N) is 1. The first kappa shape index (κ1) is 26.2. The Balaban J connectivity index is 2.39. The molecule has 1 aliphatic rings. The van der Waals surface area contributed by atoms with Crippen molar-refractivity contribution >= 4 is 40.8 Å². The van der Waals surface area contributed by atoms with E-state index in [-0.39, 0.29) is 11.3 Å². The van der Waals surface area contributed by atoms with Crippen molar-refractivity contribution in [1.82, 2.24) is 5.32 Å². The summed E-state index contributed by atoms with van der Waals surface area (Å²) in [7, 11) is 0. The van der Waals surface area contributed by atoms with Crippen LogP contribution in [0.5, 0.6) is 0 Å². The van der Waals surface area contributed by atoms with Gasteiger partial charge in [-0.05, 0) is 17.7 Å². The average molecular weight is 499 g/mol. The van der Waals surface area contributed by atoms with Gasteiger partial charge in [0, 0.05) is 12.1 Å². The molecule has 1 amide bonds. The van der Waals surface area contributed by atoms with Crippen LogP contribution in [-0.4, -0.2) is 90.5 Å². The maximum Gasteiger partial charge on any atom is 0.335 e. The topological polar surface area (TPSA) is 209 Å². The highest BCUT2D eigenvalue weighted by Crippen LogP contribution is 2.31. The number of carboxylic acid groups (broad SMARTS) is 1. The number of ether oxygens (including phenoxy) is 2. The molecule has 1 fully saturated rings. The SMILES string of the molecule is O=C(N[C@H](CO)[C@H](OC1OC(C(=O)O)C(O)C(O)C1O)c1ccc([N+](=O)[O-])cc1)C(Cl)Cl. The second kappa shape index (κ2) is 11.2. The molecule has 1 saturated heterocycles. The number of alkyl halides is 2. The van der Waals surface area contributed by atoms with Gasteiger partial charge in [0.15, 0.2) is 17.2 Å². The molecule has 0 aromatic heterocycles. The van der Waals surface area contributed by atoms with Crippen LogP contribution in [0.2, 0.25) is 0 Å². The van der Waals surface area contributed by atoms with Crippen LogP contribution in [0.25, 0.3) is 0 Å². The molecule has 0 bridgehead atoms. The number of nitro groups is 1. The lowest BCUT2D eigenvalue weighted by Gasteiger charge is -2.41. The molecule has 178 valence electrons. The highest BCUT2D eigenvalue weighted by atomic mass is 35.5. The van der Waals surface area contributed by atoms with E-state index < -0.39 is 71.1 Å². The average Bonchev–Trinajstić information content (AvgIpc) is 2.75. The lowest BCUT2D eigenvalue weighted by molar-refractivity contribution is -0.384. The van der Waals surface area contributed by atoms with Crippen molar-refractivity contribution < 1.29 is 49.5 Å². The van der Waals surface area contributed by atoms with Gasteiger partial charge in [0.1, 0.15) is 24.4 Å². The first-order valence-electron chi connectivity index (χ1n) is 8.99. The molecule has 13 nitrogen and oxygen atoms in total. The number of nitro benzene ring substituents is 1. The molecule has 5 unspecified atom stereocenters. The highest BCUT2D eigenvalue weighted by molar-refractivity contribution is 6.53. The molecule has 1 aliphatic heterocycles. The summed E-state index contributed by atoms with van der Waals surface area (Å²) in [6, 6.07) is 3.36. The quantitative estimate of drug-likeness (QED) is 0.135. The molecule has 2 rings (SSSR count). The van der Waals surface area contributed by atoms with Crippen LogP contribution in [0.3, 0.4) is 0 Å². The normalized spacial score (nSPS) is 27.5. The summed E-state index contributed by atoms with van der Waals surface area (Å²) in [4.78, 5) is 31.9. The Kier molecular flexibility index (Phi) is 9.12. The molecule has 7 atom stereocenters. The number of carboxylic acids is 1. The summed E-state index contributed by atoms with van der Waals surface area (Å²) in [5, 5.41) is 62.1. The van der Waals surface area contributed by atoms with Crippen LogP contribution in [0.15, 0.2) is 24.3 Å². The van der Waals surface area contributed by atoms with E-state index in [2.05, 4.69) is 5.32 Å². The highest BCUT2D eigenvalue weighted by Gasteiger charge is 2.48. The van der Waals surface area contributed by atoms with E-state index in [0.29, 0.717) is 0 Å². The third-order valence-corrected chi connectivity index (χ3v) is 5.01. The number of halogens is 2. The fourth-order valence-corrected chi connectivity index (χ4v) is 3.09. The summed E-state index contributed by atoms with van der Waals surface area (Å²) in [5.41, 5.74) is -0.143. The number of benzene rings is 1. The van der Waals surface area contributed by atoms with Crippen molar-refractivity contribution in [3.05, 3.63) is 39.9 Å². The van der Waals surface area contributed by atoms with E-state index in [1.165, 1.54) is 12.1 Å². The van der Waals surface area contributed by atoms with Gasteiger partial charge in [-0.1, -0.05) is 23.2 Å². The first-order valence-corrected chi connectivity index (χ1v) is 9.86. The van der Waals surface area contributed by atoms with Crippen LogP contribution >= 0.6 is 23.2 Å². The van der Waals surface area contributed by atoms with Crippen molar-refractivity contribution in [2.45, 2.75) is 47.7 Å². The molecule has 1 aromatic rings. The summed E-state index contributed by atoms with van der Waals surface area (Å²) >= 11 is 11.0. The number of carbonyl (C=O) groups is 2. The lowest BCUT2D eigenvalue weighted by atomic mass is 9.98. The summed E-state index contributed by atoms with van der Waals surface area (Å²) < 4.78 is 10.7. The molecule has 32 heavy (non-hydrogen) atoms. The Morgan fingerprint density at radius 1 is 1.16 bits per heavy atom. The molecule has 0 spiro atoms. The van der Waals surface area contributed by atoms with E-state index in [0.717, 1.165) is 12.1 Å². The van der Waals surface area contributed by atoms with Crippen LogP contribution in [-0.2, 0) is 19.1 Å². The van der Waals surface area contributed by atoms with E-state index in [1.807, 2.05) is 0 Å². The van der Waals surface area contributed by atoms with Crippen molar-refractivity contribution in [2.75, 3.05) is 6.61 Å². The third kappa shape index (κ3) is 6.02. The minimum atomic E-state index is -1.97. The van der Waals surface area contributed by atoms with Crippen molar-refractivity contribution in [3.8, 4) is 0 Å². The summed E-state index contributed by atoms with van der Waals surface area (Å²) in [5.74, 6) is -2.57. The third-order valence-electron chi connectivity index (χ3n) is 4.61. The Hall–Kier alpha value is -2.10. The number of aliphatic hydroxyl groups excluding tert-OH is 4. The number of aliphatic carboxylic acids is 1. The van der Waals surface area contributed by atoms with Crippen molar-refractivity contribution in [3.63, 3.8) is 0 Å². The van der Waals surface area contributed by atoms with Crippen LogP contribution < -0.4 is 5.32 Å². The van der Waals surface area contributed by atoms with Gasteiger partial charge in [-0.25, -0.2) is 4.79 Å². The summed E-state index contributed by atoms with van der Waals surface area (Å²) in [6.07, 6.45) is -11.1. The minimum absolute atomic E-state index is 0.138. The predicted octanol–water partition coefficient (Wildman–Crippen LogP) is -1.17. The molecule has 0 radical (unpaired) electrons. The lowest BCUT2D eigenvalue weighted by Crippen LogP contribution is -2.61. The Labute approximate surface area is 190 Å². The van der Waals surface area contributed by atoms with Gasteiger partial charge in [-0.15, -0.1) is 0 Å². The maximum atomic E-state index is 11.9. The van der Waals surface area contributed by atoms with Crippen LogP contribution in [0.1, 0.15) is 11.7 Å². The number of amides is 1. The van der Waals surface area contributed by atoms with E-state index in [9.17, 15) is 45.2 Å². The van der Waals surface area contributed by atoms with Gasteiger partial charge in [-0.2, -0.15) is 0 Å². The van der Waals surface area contributed by atoms with Gasteiger partial charge in [0.05, 0.1) is 17.6 Å². The zero-order valence-electron chi connectivity index (χ0n) is 16.0. The Morgan fingerprint density at radius 3 is 2.22 bits per heavy atom.